The van der Waals surface area contributed by atoms with E-state index in [4.69, 9.17) is 11.6 Å². The van der Waals surface area contributed by atoms with E-state index in [2.05, 4.69) is 47.3 Å². The Labute approximate surface area is 141 Å². The van der Waals surface area contributed by atoms with Crippen LogP contribution in [0.5, 0.6) is 0 Å². The first-order chi connectivity index (χ1) is 10.7. The average Bonchev–Trinajstić information content (AvgIpc) is 3.02. The minimum absolute atomic E-state index is 0.216. The molecule has 0 aromatic heterocycles. The Morgan fingerprint density at radius 2 is 2.05 bits per heavy atom. The molecule has 2 N–H and O–H groups in total. The van der Waals surface area contributed by atoms with Gasteiger partial charge < -0.3 is 10.0 Å². The molecule has 0 amide bonds. The van der Waals surface area contributed by atoms with Crippen molar-refractivity contribution in [2.45, 2.75) is 19.4 Å². The Morgan fingerprint density at radius 1 is 1.23 bits per heavy atom. The summed E-state index contributed by atoms with van der Waals surface area (Å²) in [5.74, 6) is 0.963. The third kappa shape index (κ3) is 3.99. The molecule has 0 bridgehead atoms. The molecule has 0 spiro atoms. The molecule has 0 saturated carbocycles. The van der Waals surface area contributed by atoms with E-state index in [9.17, 15) is 0 Å². The lowest BCUT2D eigenvalue weighted by molar-refractivity contribution is 0.596. The Bertz CT molecular complexity index is 667. The van der Waals surface area contributed by atoms with Crippen LogP contribution in [0.4, 0.5) is 0 Å². The molecule has 4 heteroatoms. The third-order valence-electron chi connectivity index (χ3n) is 3.72. The van der Waals surface area contributed by atoms with Crippen LogP contribution in [0, 0.1) is 6.92 Å². The monoisotopic (exact) mass is 330 g/mol. The highest BCUT2D eigenvalue weighted by atomic mass is 35.5. The maximum atomic E-state index is 6.17. The van der Waals surface area contributed by atoms with Gasteiger partial charge in [0, 0.05) is 16.9 Å². The van der Waals surface area contributed by atoms with Gasteiger partial charge in [-0.1, -0.05) is 53.6 Å². The second-order valence-electron chi connectivity index (χ2n) is 5.52. The summed E-state index contributed by atoms with van der Waals surface area (Å²) in [4.78, 5) is 0. The molecule has 114 valence electrons. The van der Waals surface area contributed by atoms with E-state index in [1.807, 2.05) is 24.4 Å². The highest BCUT2D eigenvalue weighted by Gasteiger charge is 2.16. The molecule has 0 radical (unpaired) electrons. The molecule has 1 unspecified atom stereocenters. The summed E-state index contributed by atoms with van der Waals surface area (Å²) < 4.78 is 3.18. The van der Waals surface area contributed by atoms with Gasteiger partial charge in [0.2, 0.25) is 0 Å². The zero-order chi connectivity index (χ0) is 15.4. The third-order valence-corrected chi connectivity index (χ3v) is 4.69. The van der Waals surface area contributed by atoms with Crippen LogP contribution >= 0.6 is 23.5 Å². The number of hydrogen-bond acceptors (Lipinski definition) is 3. The fourth-order valence-electron chi connectivity index (χ4n) is 2.52. The first-order valence-corrected chi connectivity index (χ1v) is 8.71. The fourth-order valence-corrected chi connectivity index (χ4v) is 3.35. The highest BCUT2D eigenvalue weighted by Crippen LogP contribution is 2.24. The molecule has 0 aliphatic carbocycles. The van der Waals surface area contributed by atoms with E-state index < -0.39 is 0 Å². The van der Waals surface area contributed by atoms with Crippen molar-refractivity contribution in [1.29, 1.82) is 0 Å². The van der Waals surface area contributed by atoms with E-state index in [1.165, 1.54) is 22.4 Å². The SMILES string of the molecule is Cc1ccc(CC(NC2=CNSC2)c2cccc(Cl)c2)cc1. The summed E-state index contributed by atoms with van der Waals surface area (Å²) in [6, 6.07) is 17.0. The highest BCUT2D eigenvalue weighted by molar-refractivity contribution is 7.97. The number of halogens is 1. The molecule has 3 rings (SSSR count). The minimum Gasteiger partial charge on any atom is -0.379 e. The van der Waals surface area contributed by atoms with Crippen LogP contribution in [-0.2, 0) is 6.42 Å². The number of hydrogen-bond donors (Lipinski definition) is 2. The van der Waals surface area contributed by atoms with Crippen LogP contribution in [0.3, 0.4) is 0 Å². The van der Waals surface area contributed by atoms with Crippen molar-refractivity contribution in [3.8, 4) is 0 Å². The normalized spacial score (nSPS) is 15.1. The van der Waals surface area contributed by atoms with Gasteiger partial charge in [0.15, 0.2) is 0 Å². The summed E-state index contributed by atoms with van der Waals surface area (Å²) in [5.41, 5.74) is 5.05. The van der Waals surface area contributed by atoms with Gasteiger partial charge in [-0.3, -0.25) is 0 Å². The van der Waals surface area contributed by atoms with Gasteiger partial charge in [-0.05, 0) is 48.6 Å². The molecule has 22 heavy (non-hydrogen) atoms. The van der Waals surface area contributed by atoms with E-state index >= 15 is 0 Å². The average molecular weight is 331 g/mol. The zero-order valence-corrected chi connectivity index (χ0v) is 14.0. The van der Waals surface area contributed by atoms with Crippen molar-refractivity contribution >= 4 is 23.5 Å². The summed E-state index contributed by atoms with van der Waals surface area (Å²) in [5, 5.41) is 4.42. The van der Waals surface area contributed by atoms with Gasteiger partial charge >= 0.3 is 0 Å². The molecule has 1 aliphatic heterocycles. The summed E-state index contributed by atoms with van der Waals surface area (Å²) in [7, 11) is 0. The number of nitrogens with one attached hydrogen (secondary N) is 2. The van der Waals surface area contributed by atoms with Crippen LogP contribution in [-0.4, -0.2) is 5.75 Å². The van der Waals surface area contributed by atoms with Crippen LogP contribution in [0.25, 0.3) is 0 Å². The lowest BCUT2D eigenvalue weighted by Crippen LogP contribution is -2.23. The summed E-state index contributed by atoms with van der Waals surface area (Å²) >= 11 is 7.87. The lowest BCUT2D eigenvalue weighted by atomic mass is 9.98. The molecule has 0 saturated heterocycles. The van der Waals surface area contributed by atoms with Crippen LogP contribution in [0.1, 0.15) is 22.7 Å². The Balaban J connectivity index is 1.83. The first kappa shape index (κ1) is 15.3. The van der Waals surface area contributed by atoms with Crippen molar-refractivity contribution in [2.24, 2.45) is 0 Å². The molecule has 2 aromatic carbocycles. The molecule has 2 nitrogen and oxygen atoms in total. The Hall–Kier alpha value is -1.58. The first-order valence-electron chi connectivity index (χ1n) is 7.34. The molecule has 1 heterocycles. The predicted octanol–water partition coefficient (Wildman–Crippen LogP) is 4.61. The van der Waals surface area contributed by atoms with E-state index in [0.717, 1.165) is 17.2 Å². The second-order valence-corrected chi connectivity index (χ2v) is 6.77. The number of aryl methyl sites for hydroxylation is 1. The quantitative estimate of drug-likeness (QED) is 0.782. The second kappa shape index (κ2) is 7.12. The van der Waals surface area contributed by atoms with Gasteiger partial charge in [-0.15, -0.1) is 0 Å². The molecule has 0 fully saturated rings. The molecular formula is C18H19ClN2S. The maximum Gasteiger partial charge on any atom is 0.0552 e. The maximum absolute atomic E-state index is 6.17. The van der Waals surface area contributed by atoms with Crippen molar-refractivity contribution in [2.75, 3.05) is 5.75 Å². The Kier molecular flexibility index (Phi) is 4.96. The molecule has 2 aromatic rings. The molecular weight excluding hydrogens is 312 g/mol. The number of benzene rings is 2. The fraction of sp³-hybridized carbons (Fsp3) is 0.222. The smallest absolute Gasteiger partial charge is 0.0552 e. The molecule has 1 atom stereocenters. The van der Waals surface area contributed by atoms with Crippen molar-refractivity contribution in [1.82, 2.24) is 10.0 Å². The van der Waals surface area contributed by atoms with Crippen LogP contribution in [0.2, 0.25) is 5.02 Å². The predicted molar refractivity (Wildman–Crippen MR) is 95.9 cm³/mol. The van der Waals surface area contributed by atoms with Gasteiger partial charge in [0.25, 0.3) is 0 Å². The van der Waals surface area contributed by atoms with E-state index in [1.54, 1.807) is 11.9 Å². The Morgan fingerprint density at radius 3 is 2.73 bits per heavy atom. The van der Waals surface area contributed by atoms with Crippen molar-refractivity contribution < 1.29 is 0 Å². The number of rotatable bonds is 5. The van der Waals surface area contributed by atoms with Crippen molar-refractivity contribution in [3.05, 3.63) is 82.1 Å². The van der Waals surface area contributed by atoms with E-state index in [-0.39, 0.29) is 6.04 Å². The van der Waals surface area contributed by atoms with Gasteiger partial charge in [0.1, 0.15) is 0 Å². The standard InChI is InChI=1S/C18H19ClN2S/c1-13-5-7-14(8-6-13)9-18(21-17-11-20-22-12-17)15-3-2-4-16(19)10-15/h2-8,10-11,18,20-21H,9,12H2,1H3. The van der Waals surface area contributed by atoms with Crippen LogP contribution in [0.15, 0.2) is 60.4 Å². The summed E-state index contributed by atoms with van der Waals surface area (Å²) in [6.07, 6.45) is 2.97. The largest absolute Gasteiger partial charge is 0.379 e. The van der Waals surface area contributed by atoms with Gasteiger partial charge in [-0.25, -0.2) is 0 Å². The topological polar surface area (TPSA) is 24.1 Å². The van der Waals surface area contributed by atoms with Gasteiger partial charge in [0.05, 0.1) is 11.8 Å². The summed E-state index contributed by atoms with van der Waals surface area (Å²) in [6.45, 7) is 2.11. The van der Waals surface area contributed by atoms with Crippen molar-refractivity contribution in [3.63, 3.8) is 0 Å². The molecule has 1 aliphatic rings. The lowest BCUT2D eigenvalue weighted by Gasteiger charge is -2.21. The van der Waals surface area contributed by atoms with Crippen LogP contribution < -0.4 is 10.0 Å². The van der Waals surface area contributed by atoms with E-state index in [0.29, 0.717) is 0 Å². The minimum atomic E-state index is 0.216. The van der Waals surface area contributed by atoms with Gasteiger partial charge in [-0.2, -0.15) is 0 Å². The zero-order valence-electron chi connectivity index (χ0n) is 12.5.